The minimum atomic E-state index is -0.951. The van der Waals surface area contributed by atoms with Crippen molar-refractivity contribution in [3.63, 3.8) is 0 Å². The molecule has 2 heterocycles. The Bertz CT molecular complexity index is 864. The maximum atomic E-state index is 11.4. The second-order valence-corrected chi connectivity index (χ2v) is 6.75. The highest BCUT2D eigenvalue weighted by molar-refractivity contribution is 7.83. The van der Waals surface area contributed by atoms with Crippen LogP contribution in [0.1, 0.15) is 11.3 Å². The lowest BCUT2D eigenvalue weighted by Gasteiger charge is -2.11. The Morgan fingerprint density at radius 1 is 1.36 bits per heavy atom. The van der Waals surface area contributed by atoms with Crippen molar-refractivity contribution in [1.82, 2.24) is 19.6 Å². The zero-order valence-electron chi connectivity index (χ0n) is 12.1. The second-order valence-electron chi connectivity index (χ2n) is 4.90. The molecule has 0 aliphatic rings. The maximum Gasteiger partial charge on any atom is 0.254 e. The summed E-state index contributed by atoms with van der Waals surface area (Å²) in [5, 5.41) is 8.04. The molecule has 0 saturated carbocycles. The van der Waals surface area contributed by atoms with Crippen LogP contribution in [0.25, 0.3) is 5.78 Å². The molecule has 0 spiro atoms. The van der Waals surface area contributed by atoms with Gasteiger partial charge in [0.2, 0.25) is 0 Å². The van der Waals surface area contributed by atoms with E-state index in [1.165, 1.54) is 6.33 Å². The zero-order valence-corrected chi connectivity index (χ0v) is 13.6. The molecular weight excluding hydrogens is 322 g/mol. The summed E-state index contributed by atoms with van der Waals surface area (Å²) < 4.78 is 13.0. The molecule has 1 atom stereocenters. The number of hydrogen-bond acceptors (Lipinski definition) is 5. The van der Waals surface area contributed by atoms with Crippen molar-refractivity contribution in [2.75, 3.05) is 11.6 Å². The third-order valence-corrected chi connectivity index (χ3v) is 4.14. The number of hydrogen-bond donors (Lipinski definition) is 1. The number of halogens is 1. The van der Waals surface area contributed by atoms with Gasteiger partial charge in [-0.05, 0) is 30.7 Å². The van der Waals surface area contributed by atoms with Crippen LogP contribution in [-0.2, 0) is 16.6 Å². The molecule has 0 aliphatic carbocycles. The SMILES string of the molecule is Cc1cc(Nc2ccc(Cl)c(CS(C)=O)c2)n2ncnc2n1. The van der Waals surface area contributed by atoms with Crippen LogP contribution in [0.3, 0.4) is 0 Å². The van der Waals surface area contributed by atoms with E-state index in [4.69, 9.17) is 11.6 Å². The van der Waals surface area contributed by atoms with E-state index in [0.717, 1.165) is 22.8 Å². The highest BCUT2D eigenvalue weighted by atomic mass is 35.5. The summed E-state index contributed by atoms with van der Waals surface area (Å²) in [6.07, 6.45) is 3.11. The van der Waals surface area contributed by atoms with Crippen LogP contribution in [0.2, 0.25) is 5.02 Å². The van der Waals surface area contributed by atoms with Gasteiger partial charge in [0.05, 0.1) is 0 Å². The average Bonchev–Trinajstić information content (AvgIpc) is 2.90. The number of nitrogens with zero attached hydrogens (tertiary/aromatic N) is 4. The van der Waals surface area contributed by atoms with Crippen LogP contribution in [-0.4, -0.2) is 30.0 Å². The molecule has 1 N–H and O–H groups in total. The van der Waals surface area contributed by atoms with Crippen molar-refractivity contribution in [3.05, 3.63) is 46.9 Å². The molecule has 22 heavy (non-hydrogen) atoms. The molecule has 0 aliphatic heterocycles. The van der Waals surface area contributed by atoms with Gasteiger partial charge in [0.15, 0.2) is 0 Å². The molecule has 0 fully saturated rings. The fourth-order valence-electron chi connectivity index (χ4n) is 2.15. The third kappa shape index (κ3) is 3.10. The number of aromatic nitrogens is 4. The van der Waals surface area contributed by atoms with Gasteiger partial charge in [-0.3, -0.25) is 4.21 Å². The summed E-state index contributed by atoms with van der Waals surface area (Å²) in [6, 6.07) is 7.43. The number of anilines is 2. The number of rotatable bonds is 4. The molecule has 1 unspecified atom stereocenters. The van der Waals surface area contributed by atoms with Crippen molar-refractivity contribution < 1.29 is 4.21 Å². The van der Waals surface area contributed by atoms with Crippen LogP contribution in [0.5, 0.6) is 0 Å². The molecular formula is C14H14ClN5OS. The molecule has 3 rings (SSSR count). The van der Waals surface area contributed by atoms with E-state index in [1.807, 2.05) is 25.1 Å². The first-order chi connectivity index (χ1) is 10.5. The molecule has 0 bridgehead atoms. The van der Waals surface area contributed by atoms with E-state index in [9.17, 15) is 4.21 Å². The predicted molar refractivity (Wildman–Crippen MR) is 88.0 cm³/mol. The van der Waals surface area contributed by atoms with Crippen LogP contribution in [0.15, 0.2) is 30.6 Å². The Labute approximate surface area is 135 Å². The van der Waals surface area contributed by atoms with Crippen molar-refractivity contribution in [1.29, 1.82) is 0 Å². The molecule has 3 aromatic rings. The smallest absolute Gasteiger partial charge is 0.254 e. The minimum Gasteiger partial charge on any atom is -0.340 e. The first-order valence-corrected chi connectivity index (χ1v) is 8.66. The van der Waals surface area contributed by atoms with Crippen LogP contribution < -0.4 is 5.32 Å². The van der Waals surface area contributed by atoms with Gasteiger partial charge in [0.1, 0.15) is 12.1 Å². The summed E-state index contributed by atoms with van der Waals surface area (Å²) in [5.74, 6) is 1.71. The normalized spacial score (nSPS) is 12.5. The molecule has 114 valence electrons. The lowest BCUT2D eigenvalue weighted by molar-refractivity contribution is 0.686. The van der Waals surface area contributed by atoms with E-state index >= 15 is 0 Å². The molecule has 2 aromatic heterocycles. The predicted octanol–water partition coefficient (Wildman–Crippen LogP) is 2.71. The Balaban J connectivity index is 1.98. The summed E-state index contributed by atoms with van der Waals surface area (Å²) in [6.45, 7) is 1.90. The van der Waals surface area contributed by atoms with Gasteiger partial charge in [-0.15, -0.1) is 0 Å². The van der Waals surface area contributed by atoms with E-state index in [-0.39, 0.29) is 0 Å². The molecule has 6 nitrogen and oxygen atoms in total. The quantitative estimate of drug-likeness (QED) is 0.793. The maximum absolute atomic E-state index is 11.4. The molecule has 0 amide bonds. The van der Waals surface area contributed by atoms with Gasteiger partial charge >= 0.3 is 0 Å². The van der Waals surface area contributed by atoms with Gasteiger partial charge in [0, 0.05) is 45.3 Å². The van der Waals surface area contributed by atoms with Gasteiger partial charge in [-0.25, -0.2) is 4.98 Å². The minimum absolute atomic E-state index is 0.419. The third-order valence-electron chi connectivity index (χ3n) is 3.06. The standard InChI is InChI=1S/C14H14ClN5OS/c1-9-5-13(20-14(18-9)16-8-17-20)19-11-3-4-12(15)10(6-11)7-22(2)21/h3-6,8,19H,7H2,1-2H3. The number of fused-ring (bicyclic) bond motifs is 1. The molecule has 1 aromatic carbocycles. The van der Waals surface area contributed by atoms with Gasteiger partial charge in [-0.1, -0.05) is 11.6 Å². The summed E-state index contributed by atoms with van der Waals surface area (Å²) >= 11 is 6.15. The van der Waals surface area contributed by atoms with Gasteiger partial charge in [-0.2, -0.15) is 14.6 Å². The van der Waals surface area contributed by atoms with E-state index in [1.54, 1.807) is 16.8 Å². The Morgan fingerprint density at radius 2 is 2.18 bits per heavy atom. The monoisotopic (exact) mass is 335 g/mol. The Kier molecular flexibility index (Phi) is 4.08. The molecule has 0 saturated heterocycles. The molecule has 0 radical (unpaired) electrons. The summed E-state index contributed by atoms with van der Waals surface area (Å²) in [4.78, 5) is 8.39. The van der Waals surface area contributed by atoms with E-state index in [0.29, 0.717) is 16.6 Å². The van der Waals surface area contributed by atoms with Crippen LogP contribution >= 0.6 is 11.6 Å². The lowest BCUT2D eigenvalue weighted by Crippen LogP contribution is -2.03. The van der Waals surface area contributed by atoms with Crippen molar-refractivity contribution in [2.24, 2.45) is 0 Å². The second kappa shape index (κ2) is 6.02. The largest absolute Gasteiger partial charge is 0.340 e. The first kappa shape index (κ1) is 14.9. The van der Waals surface area contributed by atoms with E-state index < -0.39 is 10.8 Å². The highest BCUT2D eigenvalue weighted by Gasteiger charge is 2.08. The Hall–Kier alpha value is -1.99. The van der Waals surface area contributed by atoms with Gasteiger partial charge < -0.3 is 5.32 Å². The van der Waals surface area contributed by atoms with Crippen molar-refractivity contribution >= 4 is 39.7 Å². The summed E-state index contributed by atoms with van der Waals surface area (Å²) in [5.41, 5.74) is 2.52. The fraction of sp³-hybridized carbons (Fsp3) is 0.214. The number of nitrogens with one attached hydrogen (secondary N) is 1. The van der Waals surface area contributed by atoms with Crippen molar-refractivity contribution in [2.45, 2.75) is 12.7 Å². The Morgan fingerprint density at radius 3 is 2.95 bits per heavy atom. The lowest BCUT2D eigenvalue weighted by atomic mass is 10.2. The number of benzene rings is 1. The fourth-order valence-corrected chi connectivity index (χ4v) is 3.09. The van der Waals surface area contributed by atoms with Crippen molar-refractivity contribution in [3.8, 4) is 0 Å². The average molecular weight is 336 g/mol. The van der Waals surface area contributed by atoms with E-state index in [2.05, 4.69) is 20.4 Å². The topological polar surface area (TPSA) is 72.2 Å². The molecule has 8 heteroatoms. The summed E-state index contributed by atoms with van der Waals surface area (Å²) in [7, 11) is -0.951. The first-order valence-electron chi connectivity index (χ1n) is 6.56. The highest BCUT2D eigenvalue weighted by Crippen LogP contribution is 2.24. The van der Waals surface area contributed by atoms with Crippen LogP contribution in [0, 0.1) is 6.92 Å². The van der Waals surface area contributed by atoms with Crippen LogP contribution in [0.4, 0.5) is 11.5 Å². The zero-order chi connectivity index (χ0) is 15.7. The van der Waals surface area contributed by atoms with Gasteiger partial charge in [0.25, 0.3) is 5.78 Å². The number of aryl methyl sites for hydroxylation is 1.